The molecule has 3 aromatic rings. The van der Waals surface area contributed by atoms with Crippen LogP contribution in [0.4, 0.5) is 19.0 Å². The molecule has 0 atom stereocenters. The third kappa shape index (κ3) is 3.72. The van der Waals surface area contributed by atoms with Crippen LogP contribution in [0.1, 0.15) is 37.7 Å². The molecule has 5 nitrogen and oxygen atoms in total. The van der Waals surface area contributed by atoms with Gasteiger partial charge in [-0.2, -0.15) is 13.2 Å². The Hall–Kier alpha value is -2.90. The van der Waals surface area contributed by atoms with E-state index in [1.165, 1.54) is 16.8 Å². The summed E-state index contributed by atoms with van der Waals surface area (Å²) in [5, 5.41) is 7.13. The minimum Gasteiger partial charge on any atom is -0.309 e. The van der Waals surface area contributed by atoms with E-state index in [0.29, 0.717) is 29.1 Å². The van der Waals surface area contributed by atoms with Gasteiger partial charge in [-0.3, -0.25) is 4.79 Å². The van der Waals surface area contributed by atoms with Crippen molar-refractivity contribution in [1.82, 2.24) is 14.6 Å². The highest BCUT2D eigenvalue weighted by molar-refractivity contribution is 5.97. The summed E-state index contributed by atoms with van der Waals surface area (Å²) in [6, 6.07) is 6.64. The van der Waals surface area contributed by atoms with E-state index in [1.807, 2.05) is 0 Å². The second kappa shape index (κ2) is 7.26. The lowest BCUT2D eigenvalue weighted by molar-refractivity contribution is -0.137. The Bertz CT molecular complexity index is 1010. The molecule has 1 N–H and O–H groups in total. The van der Waals surface area contributed by atoms with Crippen LogP contribution in [-0.2, 0) is 11.0 Å². The second-order valence-corrected chi connectivity index (χ2v) is 7.09. The molecule has 0 bridgehead atoms. The molecule has 0 saturated heterocycles. The summed E-state index contributed by atoms with van der Waals surface area (Å²) < 4.78 is 40.9. The van der Waals surface area contributed by atoms with Crippen LogP contribution in [0.2, 0.25) is 0 Å². The maximum Gasteiger partial charge on any atom is 0.416 e. The molecule has 146 valence electrons. The number of anilines is 1. The molecule has 2 heterocycles. The smallest absolute Gasteiger partial charge is 0.309 e. The molecule has 1 amide bonds. The quantitative estimate of drug-likeness (QED) is 0.689. The number of hydrogen-bond acceptors (Lipinski definition) is 3. The lowest BCUT2D eigenvalue weighted by Crippen LogP contribution is -2.16. The molecule has 1 saturated carbocycles. The number of aromatic nitrogens is 3. The van der Waals surface area contributed by atoms with Gasteiger partial charge in [0.15, 0.2) is 11.5 Å². The van der Waals surface area contributed by atoms with Gasteiger partial charge in [0.05, 0.1) is 11.1 Å². The number of fused-ring (bicyclic) bond motifs is 1. The number of alkyl halides is 3. The minimum absolute atomic E-state index is 0.177. The molecule has 28 heavy (non-hydrogen) atoms. The molecule has 8 heteroatoms. The van der Waals surface area contributed by atoms with Crippen molar-refractivity contribution in [2.45, 2.75) is 38.3 Å². The Morgan fingerprint density at radius 3 is 2.75 bits per heavy atom. The van der Waals surface area contributed by atoms with Crippen LogP contribution in [0.5, 0.6) is 0 Å². The van der Waals surface area contributed by atoms with E-state index in [1.54, 1.807) is 18.3 Å². The van der Waals surface area contributed by atoms with Crippen molar-refractivity contribution in [3.8, 4) is 11.1 Å². The van der Waals surface area contributed by atoms with Gasteiger partial charge in [-0.05, 0) is 42.5 Å². The highest BCUT2D eigenvalue weighted by Gasteiger charge is 2.31. The molecular weight excluding hydrogens is 369 g/mol. The van der Waals surface area contributed by atoms with Gasteiger partial charge in [0.2, 0.25) is 5.91 Å². The normalized spacial score (nSPS) is 15.2. The van der Waals surface area contributed by atoms with Gasteiger partial charge in [-0.1, -0.05) is 25.0 Å². The number of carbonyl (C=O) groups is 1. The van der Waals surface area contributed by atoms with Crippen LogP contribution in [0.15, 0.2) is 42.7 Å². The monoisotopic (exact) mass is 388 g/mol. The Morgan fingerprint density at radius 2 is 2.00 bits per heavy atom. The van der Waals surface area contributed by atoms with Crippen LogP contribution >= 0.6 is 0 Å². The first-order valence-corrected chi connectivity index (χ1v) is 9.22. The third-order valence-electron chi connectivity index (χ3n) is 5.08. The van der Waals surface area contributed by atoms with Gasteiger partial charge >= 0.3 is 6.18 Å². The van der Waals surface area contributed by atoms with Crippen molar-refractivity contribution in [3.63, 3.8) is 0 Å². The van der Waals surface area contributed by atoms with Gasteiger partial charge in [0, 0.05) is 18.8 Å². The van der Waals surface area contributed by atoms with Crippen molar-refractivity contribution >= 4 is 17.4 Å². The average molecular weight is 388 g/mol. The van der Waals surface area contributed by atoms with Crippen molar-refractivity contribution in [1.29, 1.82) is 0 Å². The SMILES string of the molecule is O=C(CC1CCCC1)Nc1nn2cccnc2c1-c1cccc(C(F)(F)F)c1. The summed E-state index contributed by atoms with van der Waals surface area (Å²) in [4.78, 5) is 16.7. The highest BCUT2D eigenvalue weighted by atomic mass is 19.4. The van der Waals surface area contributed by atoms with Crippen LogP contribution in [0.25, 0.3) is 16.8 Å². The maximum absolute atomic E-state index is 13.2. The zero-order valence-corrected chi connectivity index (χ0v) is 15.0. The predicted octanol–water partition coefficient (Wildman–Crippen LogP) is 4.93. The van der Waals surface area contributed by atoms with E-state index in [4.69, 9.17) is 0 Å². The first-order chi connectivity index (χ1) is 13.4. The Kier molecular flexibility index (Phi) is 4.78. The number of nitrogens with one attached hydrogen (secondary N) is 1. The van der Waals surface area contributed by atoms with Gasteiger partial charge in [-0.25, -0.2) is 9.50 Å². The summed E-state index contributed by atoms with van der Waals surface area (Å²) in [6.07, 6.45) is 3.44. The molecular formula is C20H19F3N4O. The number of halogens is 3. The Morgan fingerprint density at radius 1 is 1.21 bits per heavy atom. The van der Waals surface area contributed by atoms with E-state index < -0.39 is 11.7 Å². The minimum atomic E-state index is -4.46. The zero-order valence-electron chi connectivity index (χ0n) is 15.0. The van der Waals surface area contributed by atoms with Crippen molar-refractivity contribution in [2.24, 2.45) is 5.92 Å². The number of benzene rings is 1. The number of amides is 1. The first kappa shape index (κ1) is 18.5. The first-order valence-electron chi connectivity index (χ1n) is 9.22. The summed E-state index contributed by atoms with van der Waals surface area (Å²) in [7, 11) is 0. The van der Waals surface area contributed by atoms with Crippen LogP contribution in [0.3, 0.4) is 0 Å². The third-order valence-corrected chi connectivity index (χ3v) is 5.08. The topological polar surface area (TPSA) is 59.3 Å². The molecule has 0 aliphatic heterocycles. The van der Waals surface area contributed by atoms with Crippen LogP contribution in [-0.4, -0.2) is 20.5 Å². The molecule has 0 unspecified atom stereocenters. The molecule has 0 spiro atoms. The predicted molar refractivity (Wildman–Crippen MR) is 98.6 cm³/mol. The van der Waals surface area contributed by atoms with E-state index in [0.717, 1.165) is 37.8 Å². The fraction of sp³-hybridized carbons (Fsp3) is 0.350. The Labute approximate surface area is 159 Å². The molecule has 1 fully saturated rings. The fourth-order valence-corrected chi connectivity index (χ4v) is 3.75. The largest absolute Gasteiger partial charge is 0.416 e. The van der Waals surface area contributed by atoms with Gasteiger partial charge in [-0.15, -0.1) is 5.10 Å². The van der Waals surface area contributed by atoms with E-state index >= 15 is 0 Å². The number of carbonyl (C=O) groups excluding carboxylic acids is 1. The summed E-state index contributed by atoms with van der Waals surface area (Å²) in [5.74, 6) is 0.400. The van der Waals surface area contributed by atoms with Gasteiger partial charge in [0.1, 0.15) is 0 Å². The van der Waals surface area contributed by atoms with Crippen molar-refractivity contribution < 1.29 is 18.0 Å². The van der Waals surface area contributed by atoms with Gasteiger partial charge in [0.25, 0.3) is 0 Å². The molecule has 2 aromatic heterocycles. The molecule has 1 aliphatic rings. The van der Waals surface area contributed by atoms with Crippen molar-refractivity contribution in [3.05, 3.63) is 48.3 Å². The van der Waals surface area contributed by atoms with E-state index in [2.05, 4.69) is 15.4 Å². The number of rotatable bonds is 4. The van der Waals surface area contributed by atoms with Crippen LogP contribution < -0.4 is 5.32 Å². The Balaban J connectivity index is 1.72. The summed E-state index contributed by atoms with van der Waals surface area (Å²) in [6.45, 7) is 0. The van der Waals surface area contributed by atoms with Crippen molar-refractivity contribution in [2.75, 3.05) is 5.32 Å². The average Bonchev–Trinajstić information content (AvgIpc) is 3.28. The maximum atomic E-state index is 13.2. The lowest BCUT2D eigenvalue weighted by Gasteiger charge is -2.11. The van der Waals surface area contributed by atoms with Crippen LogP contribution in [0, 0.1) is 5.92 Å². The molecule has 0 radical (unpaired) electrons. The second-order valence-electron chi connectivity index (χ2n) is 7.09. The highest BCUT2D eigenvalue weighted by Crippen LogP contribution is 2.36. The summed E-state index contributed by atoms with van der Waals surface area (Å²) in [5.41, 5.74) is 0.313. The fourth-order valence-electron chi connectivity index (χ4n) is 3.75. The van der Waals surface area contributed by atoms with Gasteiger partial charge < -0.3 is 5.32 Å². The standard InChI is InChI=1S/C20H19F3N4O/c21-20(22,23)15-8-3-7-14(12-15)17-18(26-27-10-4-9-24-19(17)27)25-16(28)11-13-5-1-2-6-13/h3-4,7-10,12-13H,1-2,5-6,11H2,(H,25,26,28). The van der Waals surface area contributed by atoms with E-state index in [-0.39, 0.29) is 11.7 Å². The number of hydrogen-bond donors (Lipinski definition) is 1. The molecule has 1 aromatic carbocycles. The molecule has 1 aliphatic carbocycles. The number of nitrogens with zero attached hydrogens (tertiary/aromatic N) is 3. The summed E-state index contributed by atoms with van der Waals surface area (Å²) >= 11 is 0. The lowest BCUT2D eigenvalue weighted by atomic mass is 10.0. The zero-order chi connectivity index (χ0) is 19.7. The van der Waals surface area contributed by atoms with E-state index in [9.17, 15) is 18.0 Å². The molecule has 4 rings (SSSR count).